The molecule has 0 aliphatic carbocycles. The lowest BCUT2D eigenvalue weighted by atomic mass is 10.2. The molecule has 29 heavy (non-hydrogen) atoms. The van der Waals surface area contributed by atoms with E-state index >= 15 is 0 Å². The molecular weight excluding hydrogens is 407 g/mol. The van der Waals surface area contributed by atoms with Gasteiger partial charge >= 0.3 is 6.18 Å². The number of ether oxygens (including phenoxy) is 1. The molecule has 3 aromatic rings. The molecule has 0 spiro atoms. The van der Waals surface area contributed by atoms with Gasteiger partial charge in [-0.05, 0) is 59.8 Å². The van der Waals surface area contributed by atoms with E-state index in [-0.39, 0.29) is 22.5 Å². The molecular formula is C18H16F3N5O2S. The predicted octanol–water partition coefficient (Wildman–Crippen LogP) is 3.81. The maximum Gasteiger partial charge on any atom is 0.416 e. The van der Waals surface area contributed by atoms with Crippen molar-refractivity contribution >= 4 is 23.4 Å². The Balaban J connectivity index is 1.64. The van der Waals surface area contributed by atoms with Crippen molar-refractivity contribution in [2.24, 2.45) is 0 Å². The van der Waals surface area contributed by atoms with Crippen molar-refractivity contribution in [3.05, 3.63) is 54.1 Å². The normalized spacial score (nSPS) is 11.3. The molecule has 2 aromatic carbocycles. The Kier molecular flexibility index (Phi) is 6.37. The van der Waals surface area contributed by atoms with Crippen LogP contribution in [0.25, 0.3) is 5.69 Å². The highest BCUT2D eigenvalue weighted by molar-refractivity contribution is 7.99. The highest BCUT2D eigenvalue weighted by atomic mass is 32.2. The highest BCUT2D eigenvalue weighted by Gasteiger charge is 2.30. The Morgan fingerprint density at radius 3 is 2.66 bits per heavy atom. The van der Waals surface area contributed by atoms with Crippen LogP contribution in [0.5, 0.6) is 5.75 Å². The lowest BCUT2D eigenvalue weighted by Gasteiger charge is -2.09. The van der Waals surface area contributed by atoms with Crippen molar-refractivity contribution in [3.63, 3.8) is 0 Å². The fourth-order valence-corrected chi connectivity index (χ4v) is 3.06. The molecule has 1 N–H and O–H groups in total. The molecule has 0 aliphatic rings. The molecule has 0 saturated heterocycles. The summed E-state index contributed by atoms with van der Waals surface area (Å²) in [4.78, 5) is 12.2. The number of benzene rings is 2. The Morgan fingerprint density at radius 2 is 1.97 bits per heavy atom. The summed E-state index contributed by atoms with van der Waals surface area (Å²) in [5.74, 6) is 0.366. The van der Waals surface area contributed by atoms with Gasteiger partial charge in [-0.2, -0.15) is 17.9 Å². The predicted molar refractivity (Wildman–Crippen MR) is 101 cm³/mol. The SMILES string of the molecule is CCOc1ccc(NC(=O)CSc2nnnn2-c2cccc(C(F)(F)F)c2)cc1. The average Bonchev–Trinajstić information content (AvgIpc) is 3.16. The van der Waals surface area contributed by atoms with E-state index in [9.17, 15) is 18.0 Å². The van der Waals surface area contributed by atoms with Gasteiger partial charge in [-0.1, -0.05) is 17.8 Å². The van der Waals surface area contributed by atoms with Crippen molar-refractivity contribution in [2.45, 2.75) is 18.3 Å². The number of thioether (sulfide) groups is 1. The molecule has 0 bridgehead atoms. The van der Waals surface area contributed by atoms with Crippen LogP contribution in [0.4, 0.5) is 18.9 Å². The molecule has 7 nitrogen and oxygen atoms in total. The molecule has 0 saturated carbocycles. The lowest BCUT2D eigenvalue weighted by Crippen LogP contribution is -2.14. The molecule has 0 unspecified atom stereocenters. The van der Waals surface area contributed by atoms with Gasteiger partial charge in [0.15, 0.2) is 0 Å². The number of amides is 1. The lowest BCUT2D eigenvalue weighted by molar-refractivity contribution is -0.137. The minimum atomic E-state index is -4.48. The third-order valence-electron chi connectivity index (χ3n) is 3.64. The maximum absolute atomic E-state index is 12.9. The number of carbonyl (C=O) groups excluding carboxylic acids is 1. The Bertz CT molecular complexity index is 976. The number of hydrogen-bond donors (Lipinski definition) is 1. The van der Waals surface area contributed by atoms with E-state index in [0.29, 0.717) is 18.0 Å². The number of tetrazole rings is 1. The molecule has 0 fully saturated rings. The van der Waals surface area contributed by atoms with Crippen LogP contribution in [-0.2, 0) is 11.0 Å². The number of nitrogens with zero attached hydrogens (tertiary/aromatic N) is 4. The second-order valence-electron chi connectivity index (χ2n) is 5.72. The first-order valence-electron chi connectivity index (χ1n) is 8.48. The van der Waals surface area contributed by atoms with Crippen molar-refractivity contribution in [2.75, 3.05) is 17.7 Å². The first-order valence-corrected chi connectivity index (χ1v) is 9.47. The average molecular weight is 423 g/mol. The summed E-state index contributed by atoms with van der Waals surface area (Å²) in [5, 5.41) is 13.9. The van der Waals surface area contributed by atoms with Crippen LogP contribution in [-0.4, -0.2) is 38.5 Å². The number of halogens is 3. The quantitative estimate of drug-likeness (QED) is 0.582. The van der Waals surface area contributed by atoms with E-state index in [1.165, 1.54) is 12.1 Å². The van der Waals surface area contributed by atoms with Gasteiger partial charge in [-0.3, -0.25) is 4.79 Å². The van der Waals surface area contributed by atoms with Crippen molar-refractivity contribution in [1.29, 1.82) is 0 Å². The molecule has 152 valence electrons. The van der Waals surface area contributed by atoms with Gasteiger partial charge in [0.1, 0.15) is 5.75 Å². The number of hydrogen-bond acceptors (Lipinski definition) is 6. The summed E-state index contributed by atoms with van der Waals surface area (Å²) in [5.41, 5.74) is -0.0644. The van der Waals surface area contributed by atoms with Crippen LogP contribution >= 0.6 is 11.8 Å². The third kappa shape index (κ3) is 5.47. The number of alkyl halides is 3. The van der Waals surface area contributed by atoms with Gasteiger partial charge in [0.2, 0.25) is 11.1 Å². The standard InChI is InChI=1S/C18H16F3N5O2S/c1-2-28-15-8-6-13(7-9-15)22-16(27)11-29-17-23-24-25-26(17)14-5-3-4-12(10-14)18(19,20)21/h3-10H,2,11H2,1H3,(H,22,27). The van der Waals surface area contributed by atoms with Crippen LogP contribution in [0, 0.1) is 0 Å². The summed E-state index contributed by atoms with van der Waals surface area (Å²) in [6, 6.07) is 11.5. The zero-order valence-electron chi connectivity index (χ0n) is 15.2. The molecule has 3 rings (SSSR count). The number of carbonyl (C=O) groups is 1. The van der Waals surface area contributed by atoms with Gasteiger partial charge in [-0.15, -0.1) is 5.10 Å². The molecule has 1 amide bonds. The number of nitrogens with one attached hydrogen (secondary N) is 1. The summed E-state index contributed by atoms with van der Waals surface area (Å²) in [6.45, 7) is 2.42. The van der Waals surface area contributed by atoms with Gasteiger partial charge in [0.05, 0.1) is 23.6 Å². The highest BCUT2D eigenvalue weighted by Crippen LogP contribution is 2.30. The molecule has 1 aromatic heterocycles. The Hall–Kier alpha value is -3.08. The molecule has 0 atom stereocenters. The molecule has 0 aliphatic heterocycles. The fourth-order valence-electron chi connectivity index (χ4n) is 2.37. The van der Waals surface area contributed by atoms with E-state index in [1.54, 1.807) is 24.3 Å². The van der Waals surface area contributed by atoms with Crippen molar-refractivity contribution < 1.29 is 22.7 Å². The van der Waals surface area contributed by atoms with Crippen LogP contribution in [0.3, 0.4) is 0 Å². The van der Waals surface area contributed by atoms with Gasteiger partial charge in [-0.25, -0.2) is 0 Å². The Morgan fingerprint density at radius 1 is 1.21 bits per heavy atom. The van der Waals surface area contributed by atoms with E-state index in [4.69, 9.17) is 4.74 Å². The molecule has 0 radical (unpaired) electrons. The van der Waals surface area contributed by atoms with E-state index < -0.39 is 11.7 Å². The fraction of sp³-hybridized carbons (Fsp3) is 0.222. The van der Waals surface area contributed by atoms with E-state index in [0.717, 1.165) is 28.6 Å². The van der Waals surface area contributed by atoms with Crippen molar-refractivity contribution in [1.82, 2.24) is 20.2 Å². The van der Waals surface area contributed by atoms with Crippen LogP contribution in [0.15, 0.2) is 53.7 Å². The minimum absolute atomic E-state index is 0.0213. The molecule has 1 heterocycles. The van der Waals surface area contributed by atoms with Crippen LogP contribution < -0.4 is 10.1 Å². The third-order valence-corrected chi connectivity index (χ3v) is 4.56. The largest absolute Gasteiger partial charge is 0.494 e. The first-order chi connectivity index (χ1) is 13.9. The monoisotopic (exact) mass is 423 g/mol. The second kappa shape index (κ2) is 8.95. The number of aromatic nitrogens is 4. The van der Waals surface area contributed by atoms with Crippen molar-refractivity contribution in [3.8, 4) is 11.4 Å². The maximum atomic E-state index is 12.9. The van der Waals surface area contributed by atoms with Gasteiger partial charge in [0.25, 0.3) is 0 Å². The zero-order valence-corrected chi connectivity index (χ0v) is 16.0. The van der Waals surface area contributed by atoms with Crippen LogP contribution in [0.1, 0.15) is 12.5 Å². The van der Waals surface area contributed by atoms with Crippen LogP contribution in [0.2, 0.25) is 0 Å². The second-order valence-corrected chi connectivity index (χ2v) is 6.66. The minimum Gasteiger partial charge on any atom is -0.494 e. The first kappa shape index (κ1) is 20.6. The van der Waals surface area contributed by atoms with E-state index in [2.05, 4.69) is 20.8 Å². The number of anilines is 1. The smallest absolute Gasteiger partial charge is 0.416 e. The Labute approximate surface area is 168 Å². The molecule has 11 heteroatoms. The summed E-state index contributed by atoms with van der Waals surface area (Å²) >= 11 is 1.01. The van der Waals surface area contributed by atoms with Gasteiger partial charge in [0, 0.05) is 5.69 Å². The van der Waals surface area contributed by atoms with Gasteiger partial charge < -0.3 is 10.1 Å². The zero-order chi connectivity index (χ0) is 20.9. The van der Waals surface area contributed by atoms with E-state index in [1.807, 2.05) is 6.92 Å². The summed E-state index contributed by atoms with van der Waals surface area (Å²) < 4.78 is 45.2. The topological polar surface area (TPSA) is 81.9 Å². The summed E-state index contributed by atoms with van der Waals surface area (Å²) in [6.07, 6.45) is -4.48. The number of rotatable bonds is 7. The summed E-state index contributed by atoms with van der Waals surface area (Å²) in [7, 11) is 0.